The molecule has 0 aliphatic rings. The summed E-state index contributed by atoms with van der Waals surface area (Å²) < 4.78 is 10.8. The van der Waals surface area contributed by atoms with Gasteiger partial charge in [-0.3, -0.25) is 4.79 Å². The molecule has 0 saturated heterocycles. The first-order valence-corrected chi connectivity index (χ1v) is 5.08. The summed E-state index contributed by atoms with van der Waals surface area (Å²) in [6.45, 7) is 0.229. The number of carbonyl (C=O) groups excluding carboxylic acids is 2. The van der Waals surface area contributed by atoms with Gasteiger partial charge in [0.05, 0.1) is 32.8 Å². The molecule has 0 amide bonds. The molecule has 0 aliphatic heterocycles. The zero-order valence-electron chi connectivity index (χ0n) is 9.80. The fraction of sp³-hybridized carbons (Fsp3) is 0.455. The maximum Gasteiger partial charge on any atom is 0.339 e. The molecule has 1 rings (SSSR count). The number of aliphatic hydroxyl groups excluding tert-OH is 1. The zero-order chi connectivity index (χ0) is 12.8. The highest BCUT2D eigenvalue weighted by molar-refractivity contribution is 5.92. The molecule has 0 saturated carbocycles. The summed E-state index contributed by atoms with van der Waals surface area (Å²) >= 11 is 0. The molecule has 6 nitrogen and oxygen atoms in total. The third-order valence-corrected chi connectivity index (χ3v) is 2.36. The zero-order valence-corrected chi connectivity index (χ0v) is 9.80. The smallest absolute Gasteiger partial charge is 0.339 e. The lowest BCUT2D eigenvalue weighted by Gasteiger charge is -2.08. The second-order valence-electron chi connectivity index (χ2n) is 3.34. The Hall–Kier alpha value is -1.82. The van der Waals surface area contributed by atoms with E-state index in [-0.39, 0.29) is 13.0 Å². The lowest BCUT2D eigenvalue weighted by molar-refractivity contribution is -0.139. The highest BCUT2D eigenvalue weighted by Crippen LogP contribution is 2.14. The Morgan fingerprint density at radius 3 is 2.59 bits per heavy atom. The number of hydrogen-bond donors (Lipinski definition) is 1. The number of esters is 2. The lowest BCUT2D eigenvalue weighted by Crippen LogP contribution is -2.15. The first-order valence-electron chi connectivity index (χ1n) is 5.08. The van der Waals surface area contributed by atoms with Crippen LogP contribution in [-0.2, 0) is 27.2 Å². The standard InChI is InChI=1S/C11H15NO5/c1-16-10(14)7-9-8(11(15)17-2)3-4-12(9)5-6-13/h3-4,13H,5-7H2,1-2H3. The number of nitrogens with zero attached hydrogens (tertiary/aromatic N) is 1. The van der Waals surface area contributed by atoms with Crippen molar-refractivity contribution < 1.29 is 24.2 Å². The van der Waals surface area contributed by atoms with Gasteiger partial charge in [-0.2, -0.15) is 0 Å². The third kappa shape index (κ3) is 3.07. The lowest BCUT2D eigenvalue weighted by atomic mass is 10.2. The number of hydrogen-bond acceptors (Lipinski definition) is 5. The summed E-state index contributed by atoms with van der Waals surface area (Å²) in [5, 5.41) is 8.89. The largest absolute Gasteiger partial charge is 0.469 e. The van der Waals surface area contributed by atoms with E-state index >= 15 is 0 Å². The van der Waals surface area contributed by atoms with Crippen molar-refractivity contribution in [2.75, 3.05) is 20.8 Å². The molecule has 17 heavy (non-hydrogen) atoms. The minimum Gasteiger partial charge on any atom is -0.469 e. The highest BCUT2D eigenvalue weighted by atomic mass is 16.5. The van der Waals surface area contributed by atoms with Gasteiger partial charge in [0.2, 0.25) is 0 Å². The molecule has 0 spiro atoms. The molecule has 0 atom stereocenters. The number of aliphatic hydroxyl groups is 1. The van der Waals surface area contributed by atoms with E-state index in [0.29, 0.717) is 17.8 Å². The Morgan fingerprint density at radius 1 is 1.35 bits per heavy atom. The van der Waals surface area contributed by atoms with Crippen LogP contribution in [0.4, 0.5) is 0 Å². The van der Waals surface area contributed by atoms with Gasteiger partial charge in [0.25, 0.3) is 0 Å². The summed E-state index contributed by atoms with van der Waals surface area (Å²) in [5.41, 5.74) is 0.795. The van der Waals surface area contributed by atoms with E-state index < -0.39 is 11.9 Å². The molecule has 1 aromatic rings. The molecule has 0 unspecified atom stereocenters. The maximum absolute atomic E-state index is 11.5. The van der Waals surface area contributed by atoms with Crippen molar-refractivity contribution >= 4 is 11.9 Å². The van der Waals surface area contributed by atoms with Crippen molar-refractivity contribution in [2.45, 2.75) is 13.0 Å². The second-order valence-corrected chi connectivity index (χ2v) is 3.34. The summed E-state index contributed by atoms with van der Waals surface area (Å²) in [5.74, 6) is -0.964. The van der Waals surface area contributed by atoms with Crippen LogP contribution in [0.25, 0.3) is 0 Å². The van der Waals surface area contributed by atoms with Crippen LogP contribution < -0.4 is 0 Å². The molecule has 94 valence electrons. The third-order valence-electron chi connectivity index (χ3n) is 2.36. The molecule has 1 heterocycles. The van der Waals surface area contributed by atoms with Gasteiger partial charge in [-0.25, -0.2) is 4.79 Å². The van der Waals surface area contributed by atoms with E-state index in [0.717, 1.165) is 0 Å². The molecule has 0 bridgehead atoms. The summed E-state index contributed by atoms with van der Waals surface area (Å²) in [4.78, 5) is 22.7. The number of rotatable bonds is 5. The molecule has 0 aromatic carbocycles. The van der Waals surface area contributed by atoms with Crippen molar-refractivity contribution in [3.05, 3.63) is 23.5 Å². The van der Waals surface area contributed by atoms with Crippen molar-refractivity contribution in [1.82, 2.24) is 4.57 Å². The van der Waals surface area contributed by atoms with Crippen molar-refractivity contribution in [1.29, 1.82) is 0 Å². The van der Waals surface area contributed by atoms with E-state index in [1.807, 2.05) is 0 Å². The maximum atomic E-state index is 11.5. The predicted molar refractivity (Wildman–Crippen MR) is 58.6 cm³/mol. The molecular weight excluding hydrogens is 226 g/mol. The Balaban J connectivity index is 3.05. The summed E-state index contributed by atoms with van der Waals surface area (Å²) in [7, 11) is 2.55. The number of ether oxygens (including phenoxy) is 2. The first kappa shape index (κ1) is 13.2. The van der Waals surface area contributed by atoms with Crippen molar-refractivity contribution in [2.24, 2.45) is 0 Å². The van der Waals surface area contributed by atoms with Crippen LogP contribution in [0.5, 0.6) is 0 Å². The first-order chi connectivity index (χ1) is 8.13. The van der Waals surface area contributed by atoms with Gasteiger partial charge in [-0.1, -0.05) is 0 Å². The molecule has 0 fully saturated rings. The number of methoxy groups -OCH3 is 2. The quantitative estimate of drug-likeness (QED) is 0.733. The van der Waals surface area contributed by atoms with Gasteiger partial charge < -0.3 is 19.1 Å². The van der Waals surface area contributed by atoms with Crippen LogP contribution in [0.1, 0.15) is 16.1 Å². The fourth-order valence-electron chi connectivity index (χ4n) is 1.52. The Labute approximate surface area is 98.7 Å². The Morgan fingerprint density at radius 2 is 2.06 bits per heavy atom. The van der Waals surface area contributed by atoms with Crippen LogP contribution in [-0.4, -0.2) is 42.4 Å². The summed E-state index contributed by atoms with van der Waals surface area (Å²) in [6, 6.07) is 1.56. The molecule has 6 heteroatoms. The van der Waals surface area contributed by atoms with Crippen LogP contribution in [0.15, 0.2) is 12.3 Å². The van der Waals surface area contributed by atoms with Crippen LogP contribution in [0.2, 0.25) is 0 Å². The second kappa shape index (κ2) is 6.05. The Bertz CT molecular complexity index is 410. The molecule has 1 N–H and O–H groups in total. The van der Waals surface area contributed by atoms with Gasteiger partial charge in [-0.15, -0.1) is 0 Å². The average molecular weight is 241 g/mol. The normalized spacial score (nSPS) is 10.1. The number of aromatic nitrogens is 1. The van der Waals surface area contributed by atoms with E-state index in [9.17, 15) is 9.59 Å². The van der Waals surface area contributed by atoms with Gasteiger partial charge >= 0.3 is 11.9 Å². The average Bonchev–Trinajstić information content (AvgIpc) is 2.72. The minimum atomic E-state index is -0.513. The van der Waals surface area contributed by atoms with Crippen molar-refractivity contribution in [3.8, 4) is 0 Å². The van der Waals surface area contributed by atoms with E-state index in [1.54, 1.807) is 16.8 Å². The summed E-state index contributed by atoms with van der Waals surface area (Å²) in [6.07, 6.45) is 1.59. The Kier molecular flexibility index (Phi) is 4.71. The predicted octanol–water partition coefficient (Wildman–Crippen LogP) is -0.0175. The van der Waals surface area contributed by atoms with E-state index in [4.69, 9.17) is 5.11 Å². The molecule has 0 aliphatic carbocycles. The van der Waals surface area contributed by atoms with Gasteiger partial charge in [0.15, 0.2) is 0 Å². The van der Waals surface area contributed by atoms with Gasteiger partial charge in [0.1, 0.15) is 0 Å². The minimum absolute atomic E-state index is 0.0338. The SMILES string of the molecule is COC(=O)Cc1c(C(=O)OC)ccn1CCO. The van der Waals surface area contributed by atoms with Crippen molar-refractivity contribution in [3.63, 3.8) is 0 Å². The highest BCUT2D eigenvalue weighted by Gasteiger charge is 2.19. The monoisotopic (exact) mass is 241 g/mol. The van der Waals surface area contributed by atoms with Crippen LogP contribution in [0, 0.1) is 0 Å². The van der Waals surface area contributed by atoms with E-state index in [2.05, 4.69) is 9.47 Å². The molecule has 1 aromatic heterocycles. The van der Waals surface area contributed by atoms with Crippen LogP contribution >= 0.6 is 0 Å². The van der Waals surface area contributed by atoms with Crippen LogP contribution in [0.3, 0.4) is 0 Å². The van der Waals surface area contributed by atoms with Gasteiger partial charge in [0, 0.05) is 18.4 Å². The fourth-order valence-corrected chi connectivity index (χ4v) is 1.52. The molecule has 0 radical (unpaired) electrons. The topological polar surface area (TPSA) is 77.8 Å². The van der Waals surface area contributed by atoms with Gasteiger partial charge in [-0.05, 0) is 6.07 Å². The molecular formula is C11H15NO5. The number of carbonyl (C=O) groups is 2. The van der Waals surface area contributed by atoms with E-state index in [1.165, 1.54) is 14.2 Å².